The molecule has 0 aromatic heterocycles. The summed E-state index contributed by atoms with van der Waals surface area (Å²) in [5.41, 5.74) is 1.02. The summed E-state index contributed by atoms with van der Waals surface area (Å²) < 4.78 is 0. The van der Waals surface area contributed by atoms with E-state index in [1.165, 1.54) is 0 Å². The average Bonchev–Trinajstić information content (AvgIpc) is 2.19. The van der Waals surface area contributed by atoms with E-state index in [0.717, 1.165) is 10.6 Å². The second-order valence-electron chi connectivity index (χ2n) is 2.43. The van der Waals surface area contributed by atoms with E-state index in [9.17, 15) is 0 Å². The van der Waals surface area contributed by atoms with Crippen molar-refractivity contribution < 1.29 is 0 Å². The van der Waals surface area contributed by atoms with Crippen LogP contribution in [0.15, 0.2) is 55.3 Å². The second-order valence-corrected chi connectivity index (χ2v) is 2.84. The van der Waals surface area contributed by atoms with Crippen LogP contribution in [0.2, 0.25) is 0 Å². The summed E-state index contributed by atoms with van der Waals surface area (Å²) in [4.78, 5) is 0.721. The molecular formula is C11H11NS. The summed E-state index contributed by atoms with van der Waals surface area (Å²) in [6.07, 6.45) is 5.26. The van der Waals surface area contributed by atoms with Crippen LogP contribution in [0.4, 0.5) is 0 Å². The first kappa shape index (κ1) is 9.68. The second kappa shape index (κ2) is 5.27. The Kier molecular flexibility index (Phi) is 3.93. The summed E-state index contributed by atoms with van der Waals surface area (Å²) in [5, 5.41) is 2.98. The Morgan fingerprint density at radius 3 is 2.62 bits per heavy atom. The van der Waals surface area contributed by atoms with Crippen LogP contribution in [-0.2, 0) is 0 Å². The molecule has 0 radical (unpaired) electrons. The SMILES string of the molecule is C=CC=CNC(=S)c1ccccc1. The molecule has 0 saturated carbocycles. The first-order valence-electron chi connectivity index (χ1n) is 3.98. The third kappa shape index (κ3) is 3.22. The zero-order valence-electron chi connectivity index (χ0n) is 7.23. The van der Waals surface area contributed by atoms with Gasteiger partial charge in [-0.3, -0.25) is 0 Å². The van der Waals surface area contributed by atoms with Crippen LogP contribution in [0.25, 0.3) is 0 Å². The van der Waals surface area contributed by atoms with E-state index in [4.69, 9.17) is 12.2 Å². The Bertz CT molecular complexity index is 314. The van der Waals surface area contributed by atoms with Crippen LogP contribution < -0.4 is 5.32 Å². The molecule has 0 atom stereocenters. The summed E-state index contributed by atoms with van der Waals surface area (Å²) in [7, 11) is 0. The highest BCUT2D eigenvalue weighted by atomic mass is 32.1. The van der Waals surface area contributed by atoms with Crippen molar-refractivity contribution in [3.05, 3.63) is 60.8 Å². The number of allylic oxidation sites excluding steroid dienone is 2. The molecule has 66 valence electrons. The number of nitrogens with one attached hydrogen (secondary N) is 1. The molecule has 0 amide bonds. The van der Waals surface area contributed by atoms with Gasteiger partial charge in [-0.25, -0.2) is 0 Å². The van der Waals surface area contributed by atoms with Crippen molar-refractivity contribution in [1.29, 1.82) is 0 Å². The molecule has 1 aromatic carbocycles. The first-order valence-corrected chi connectivity index (χ1v) is 4.39. The van der Waals surface area contributed by atoms with E-state index in [2.05, 4.69) is 11.9 Å². The lowest BCUT2D eigenvalue weighted by molar-refractivity contribution is 1.30. The normalized spacial score (nSPS) is 9.85. The standard InChI is InChI=1S/C11H11NS/c1-2-3-9-12-11(13)10-7-5-4-6-8-10/h2-9H,1H2,(H,12,13). The predicted molar refractivity (Wildman–Crippen MR) is 60.6 cm³/mol. The van der Waals surface area contributed by atoms with E-state index in [0.29, 0.717) is 0 Å². The van der Waals surface area contributed by atoms with Crippen molar-refractivity contribution in [2.24, 2.45) is 0 Å². The average molecular weight is 189 g/mol. The van der Waals surface area contributed by atoms with Gasteiger partial charge in [-0.05, 0) is 6.08 Å². The lowest BCUT2D eigenvalue weighted by atomic mass is 10.2. The van der Waals surface area contributed by atoms with Gasteiger partial charge >= 0.3 is 0 Å². The minimum absolute atomic E-state index is 0.721. The van der Waals surface area contributed by atoms with Gasteiger partial charge < -0.3 is 5.32 Å². The lowest BCUT2D eigenvalue weighted by Crippen LogP contribution is -2.15. The van der Waals surface area contributed by atoms with Crippen LogP contribution in [-0.4, -0.2) is 4.99 Å². The van der Waals surface area contributed by atoms with E-state index in [-0.39, 0.29) is 0 Å². The largest absolute Gasteiger partial charge is 0.352 e. The molecule has 0 aliphatic carbocycles. The number of hydrogen-bond acceptors (Lipinski definition) is 1. The summed E-state index contributed by atoms with van der Waals surface area (Å²) >= 11 is 5.14. The smallest absolute Gasteiger partial charge is 0.110 e. The highest BCUT2D eigenvalue weighted by Crippen LogP contribution is 1.98. The van der Waals surface area contributed by atoms with Crippen molar-refractivity contribution in [3.8, 4) is 0 Å². The summed E-state index contributed by atoms with van der Waals surface area (Å²) in [5.74, 6) is 0. The monoisotopic (exact) mass is 189 g/mol. The van der Waals surface area contributed by atoms with E-state index >= 15 is 0 Å². The number of benzene rings is 1. The van der Waals surface area contributed by atoms with Gasteiger partial charge in [-0.15, -0.1) is 0 Å². The molecule has 13 heavy (non-hydrogen) atoms. The fourth-order valence-corrected chi connectivity index (χ4v) is 1.07. The topological polar surface area (TPSA) is 12.0 Å². The van der Waals surface area contributed by atoms with Crippen molar-refractivity contribution in [2.75, 3.05) is 0 Å². The van der Waals surface area contributed by atoms with E-state index < -0.39 is 0 Å². The van der Waals surface area contributed by atoms with E-state index in [1.807, 2.05) is 30.3 Å². The molecule has 0 bridgehead atoms. The van der Waals surface area contributed by atoms with Crippen molar-refractivity contribution in [2.45, 2.75) is 0 Å². The third-order valence-electron chi connectivity index (χ3n) is 1.48. The number of hydrogen-bond donors (Lipinski definition) is 1. The van der Waals surface area contributed by atoms with Crippen LogP contribution in [0.5, 0.6) is 0 Å². The lowest BCUT2D eigenvalue weighted by Gasteiger charge is -2.01. The zero-order chi connectivity index (χ0) is 9.52. The summed E-state index contributed by atoms with van der Waals surface area (Å²) in [6, 6.07) is 9.82. The van der Waals surface area contributed by atoms with Gasteiger partial charge in [0, 0.05) is 11.8 Å². The Morgan fingerprint density at radius 2 is 2.00 bits per heavy atom. The molecule has 0 aliphatic heterocycles. The third-order valence-corrected chi connectivity index (χ3v) is 1.84. The highest BCUT2D eigenvalue weighted by Gasteiger charge is 1.94. The minimum Gasteiger partial charge on any atom is -0.352 e. The Balaban J connectivity index is 2.59. The van der Waals surface area contributed by atoms with Gasteiger partial charge in [0.05, 0.1) is 0 Å². The Labute approximate surface area is 83.8 Å². The van der Waals surface area contributed by atoms with Gasteiger partial charge in [0.25, 0.3) is 0 Å². The Morgan fingerprint density at radius 1 is 1.31 bits per heavy atom. The van der Waals surface area contributed by atoms with Crippen molar-refractivity contribution >= 4 is 17.2 Å². The maximum atomic E-state index is 5.14. The van der Waals surface area contributed by atoms with Crippen molar-refractivity contribution in [3.63, 3.8) is 0 Å². The van der Waals surface area contributed by atoms with Gasteiger partial charge in [-0.1, -0.05) is 55.2 Å². The Hall–Kier alpha value is -1.41. The maximum absolute atomic E-state index is 5.14. The van der Waals surface area contributed by atoms with Crippen molar-refractivity contribution in [1.82, 2.24) is 5.32 Å². The predicted octanol–water partition coefficient (Wildman–Crippen LogP) is 2.65. The molecule has 0 heterocycles. The molecule has 0 unspecified atom stereocenters. The molecule has 1 nitrogen and oxygen atoms in total. The van der Waals surface area contributed by atoms with E-state index in [1.54, 1.807) is 18.4 Å². The number of thiocarbonyl (C=S) groups is 1. The van der Waals surface area contributed by atoms with Crippen LogP contribution in [0.1, 0.15) is 5.56 Å². The van der Waals surface area contributed by atoms with Gasteiger partial charge in [0.15, 0.2) is 0 Å². The highest BCUT2D eigenvalue weighted by molar-refractivity contribution is 7.80. The molecular weight excluding hydrogens is 178 g/mol. The molecule has 0 fully saturated rings. The van der Waals surface area contributed by atoms with Crippen LogP contribution in [0.3, 0.4) is 0 Å². The molecule has 0 spiro atoms. The van der Waals surface area contributed by atoms with Crippen LogP contribution in [0, 0.1) is 0 Å². The first-order chi connectivity index (χ1) is 6.34. The molecule has 1 rings (SSSR count). The zero-order valence-corrected chi connectivity index (χ0v) is 8.05. The quantitative estimate of drug-likeness (QED) is 0.579. The molecule has 0 aliphatic rings. The molecule has 0 saturated heterocycles. The fourth-order valence-electron chi connectivity index (χ4n) is 0.865. The molecule has 1 aromatic rings. The summed E-state index contributed by atoms with van der Waals surface area (Å²) in [6.45, 7) is 3.56. The van der Waals surface area contributed by atoms with Gasteiger partial charge in [-0.2, -0.15) is 0 Å². The molecule has 2 heteroatoms. The van der Waals surface area contributed by atoms with Crippen LogP contribution >= 0.6 is 12.2 Å². The van der Waals surface area contributed by atoms with Gasteiger partial charge in [0.2, 0.25) is 0 Å². The fraction of sp³-hybridized carbons (Fsp3) is 0. The molecule has 1 N–H and O–H groups in total. The maximum Gasteiger partial charge on any atom is 0.110 e. The number of rotatable bonds is 3. The minimum atomic E-state index is 0.721. The van der Waals surface area contributed by atoms with Gasteiger partial charge in [0.1, 0.15) is 4.99 Å².